The molecule has 0 aromatic rings. The fourth-order valence-electron chi connectivity index (χ4n) is 8.79. The van der Waals surface area contributed by atoms with Crippen LogP contribution in [0.2, 0.25) is 0 Å². The van der Waals surface area contributed by atoms with Crippen LogP contribution in [-0.4, -0.2) is 46.9 Å². The van der Waals surface area contributed by atoms with Crippen molar-refractivity contribution >= 4 is 29.1 Å². The minimum Gasteiger partial charge on any atom is -0.466 e. The molecule has 0 saturated heterocycles. The number of allylic oxidation sites excluding steroid dienone is 3. The van der Waals surface area contributed by atoms with Gasteiger partial charge in [0.1, 0.15) is 11.6 Å². The van der Waals surface area contributed by atoms with Crippen LogP contribution in [0.4, 0.5) is 0 Å². The maximum Gasteiger partial charge on any atom is 0.309 e. The predicted molar refractivity (Wildman–Crippen MR) is 145 cm³/mol. The van der Waals surface area contributed by atoms with Crippen molar-refractivity contribution in [1.82, 2.24) is 0 Å². The Balaban J connectivity index is 1.74. The van der Waals surface area contributed by atoms with Crippen molar-refractivity contribution < 1.29 is 33.8 Å². The quantitative estimate of drug-likeness (QED) is 0.382. The SMILES string of the molecule is CCOC(=O)C(C)CC(=O)/C=C(\C)[C@H]1CC(=O)[C@@]2(C)C3=C(C(=O)C[C@]12C)[C@@]1(C)CCC(=O)C(C)(C)[C@@H]1C[C@@H]3O. The molecule has 7 atom stereocenters. The van der Waals surface area contributed by atoms with Crippen LogP contribution in [0.25, 0.3) is 0 Å². The first kappa shape index (κ1) is 29.6. The Kier molecular flexibility index (Phi) is 7.28. The number of hydrogen-bond acceptors (Lipinski definition) is 7. The number of ether oxygens (including phenoxy) is 1. The summed E-state index contributed by atoms with van der Waals surface area (Å²) < 4.78 is 5.02. The van der Waals surface area contributed by atoms with E-state index in [1.807, 2.05) is 41.5 Å². The molecule has 7 nitrogen and oxygen atoms in total. The van der Waals surface area contributed by atoms with Gasteiger partial charge >= 0.3 is 5.97 Å². The van der Waals surface area contributed by atoms with Gasteiger partial charge in [-0.3, -0.25) is 24.0 Å². The summed E-state index contributed by atoms with van der Waals surface area (Å²) in [4.78, 5) is 65.8. The van der Waals surface area contributed by atoms with Gasteiger partial charge in [-0.05, 0) is 62.5 Å². The first-order valence-electron chi connectivity index (χ1n) is 14.4. The predicted octanol–water partition coefficient (Wildman–Crippen LogP) is 4.74. The van der Waals surface area contributed by atoms with Crippen LogP contribution in [0, 0.1) is 39.4 Å². The number of hydrogen-bond donors (Lipinski definition) is 1. The molecule has 7 heteroatoms. The summed E-state index contributed by atoms with van der Waals surface area (Å²) in [6, 6.07) is 0. The van der Waals surface area contributed by atoms with Crippen molar-refractivity contribution in [1.29, 1.82) is 0 Å². The van der Waals surface area contributed by atoms with E-state index in [4.69, 9.17) is 4.74 Å². The summed E-state index contributed by atoms with van der Waals surface area (Å²) in [7, 11) is 0. The number of Topliss-reactive ketones (excluding diaryl/α,β-unsaturated/α-hetero) is 3. The third-order valence-corrected chi connectivity index (χ3v) is 11.2. The number of aliphatic hydroxyl groups excluding tert-OH is 1. The highest BCUT2D eigenvalue weighted by atomic mass is 16.5. The highest BCUT2D eigenvalue weighted by Crippen LogP contribution is 2.70. The summed E-state index contributed by atoms with van der Waals surface area (Å²) in [6.07, 6.45) is 2.10. The minimum atomic E-state index is -1.06. The van der Waals surface area contributed by atoms with Crippen molar-refractivity contribution in [2.45, 2.75) is 100 Å². The molecule has 4 rings (SSSR count). The normalized spacial score (nSPS) is 38.6. The fourth-order valence-corrected chi connectivity index (χ4v) is 8.79. The molecule has 0 heterocycles. The van der Waals surface area contributed by atoms with Crippen LogP contribution in [0.3, 0.4) is 0 Å². The molecule has 2 fully saturated rings. The van der Waals surface area contributed by atoms with Gasteiger partial charge in [0.2, 0.25) is 0 Å². The Morgan fingerprint density at radius 2 is 1.74 bits per heavy atom. The van der Waals surface area contributed by atoms with Crippen molar-refractivity contribution in [2.24, 2.45) is 39.4 Å². The summed E-state index contributed by atoms with van der Waals surface area (Å²) >= 11 is 0. The molecule has 0 spiro atoms. The summed E-state index contributed by atoms with van der Waals surface area (Å²) in [5, 5.41) is 11.6. The lowest BCUT2D eigenvalue weighted by molar-refractivity contribution is -0.148. The average molecular weight is 541 g/mol. The van der Waals surface area contributed by atoms with Crippen LogP contribution < -0.4 is 0 Å². The molecule has 0 bridgehead atoms. The third-order valence-electron chi connectivity index (χ3n) is 11.2. The lowest BCUT2D eigenvalue weighted by Crippen LogP contribution is -2.59. The average Bonchev–Trinajstić information content (AvgIpc) is 3.04. The van der Waals surface area contributed by atoms with Gasteiger partial charge in [-0.15, -0.1) is 0 Å². The standard InChI is InChI=1S/C32H44O7/c1-9-39-28(38)18(3)13-19(33)12-17(2)20-14-25(37)32(8)27-21(34)15-23-29(4,5)24(36)10-11-30(23,6)26(27)22(35)16-31(20,32)7/h12,18,20-21,23,34H,9-11,13-16H2,1-8H3/b17-12+/t18?,20-,21+,23+,30+,31-,32+/m1/s1. The first-order chi connectivity index (χ1) is 18.0. The van der Waals surface area contributed by atoms with Gasteiger partial charge in [0.05, 0.1) is 24.0 Å². The zero-order chi connectivity index (χ0) is 29.3. The molecule has 4 aliphatic rings. The molecule has 0 radical (unpaired) electrons. The summed E-state index contributed by atoms with van der Waals surface area (Å²) in [5.74, 6) is -1.69. The number of aliphatic hydroxyl groups is 1. The van der Waals surface area contributed by atoms with Crippen LogP contribution in [-0.2, 0) is 28.7 Å². The second-order valence-corrected chi connectivity index (χ2v) is 13.7. The first-order valence-corrected chi connectivity index (χ1v) is 14.4. The molecule has 1 unspecified atom stereocenters. The van der Waals surface area contributed by atoms with Gasteiger partial charge in [0.15, 0.2) is 11.6 Å². The highest BCUT2D eigenvalue weighted by molar-refractivity contribution is 6.06. The Morgan fingerprint density at radius 1 is 1.10 bits per heavy atom. The smallest absolute Gasteiger partial charge is 0.309 e. The lowest BCUT2D eigenvalue weighted by Gasteiger charge is -2.60. The van der Waals surface area contributed by atoms with Crippen LogP contribution in [0.15, 0.2) is 22.8 Å². The van der Waals surface area contributed by atoms with Crippen molar-refractivity contribution in [3.05, 3.63) is 22.8 Å². The number of carbonyl (C=O) groups is 5. The van der Waals surface area contributed by atoms with Gasteiger partial charge in [-0.1, -0.05) is 40.2 Å². The van der Waals surface area contributed by atoms with Gasteiger partial charge in [-0.25, -0.2) is 0 Å². The summed E-state index contributed by atoms with van der Waals surface area (Å²) in [6.45, 7) is 15.1. The molecule has 214 valence electrons. The second kappa shape index (κ2) is 9.60. The van der Waals surface area contributed by atoms with Crippen LogP contribution in [0.5, 0.6) is 0 Å². The van der Waals surface area contributed by atoms with Crippen LogP contribution >= 0.6 is 0 Å². The molecular formula is C32H44O7. The van der Waals surface area contributed by atoms with E-state index >= 15 is 0 Å². The molecule has 2 saturated carbocycles. The molecule has 0 amide bonds. The third kappa shape index (κ3) is 4.13. The molecular weight excluding hydrogens is 496 g/mol. The monoisotopic (exact) mass is 540 g/mol. The number of esters is 1. The molecule has 0 aromatic heterocycles. The second-order valence-electron chi connectivity index (χ2n) is 13.7. The molecule has 4 aliphatic carbocycles. The minimum absolute atomic E-state index is 0.00597. The number of fused-ring (bicyclic) bond motifs is 4. The Bertz CT molecular complexity index is 1200. The zero-order valence-corrected chi connectivity index (χ0v) is 24.7. The highest BCUT2D eigenvalue weighted by Gasteiger charge is 2.70. The maximum atomic E-state index is 14.1. The zero-order valence-electron chi connectivity index (χ0n) is 24.7. The fraction of sp³-hybridized carbons (Fsp3) is 0.719. The van der Waals surface area contributed by atoms with Crippen LogP contribution in [0.1, 0.15) is 93.9 Å². The van der Waals surface area contributed by atoms with E-state index in [1.165, 1.54) is 6.08 Å². The number of ketones is 4. The van der Waals surface area contributed by atoms with E-state index in [-0.39, 0.29) is 60.8 Å². The van der Waals surface area contributed by atoms with E-state index in [2.05, 4.69) is 0 Å². The van der Waals surface area contributed by atoms with Gasteiger partial charge in [-0.2, -0.15) is 0 Å². The van der Waals surface area contributed by atoms with E-state index < -0.39 is 39.7 Å². The lowest BCUT2D eigenvalue weighted by atomic mass is 9.42. The number of carbonyl (C=O) groups excluding carboxylic acids is 5. The molecule has 0 aliphatic heterocycles. The van der Waals surface area contributed by atoms with Crippen molar-refractivity contribution in [3.8, 4) is 0 Å². The summed E-state index contributed by atoms with van der Waals surface area (Å²) in [5.41, 5.74) is -1.29. The van der Waals surface area contributed by atoms with Crippen molar-refractivity contribution in [2.75, 3.05) is 6.61 Å². The Morgan fingerprint density at radius 3 is 2.36 bits per heavy atom. The maximum absolute atomic E-state index is 14.1. The van der Waals surface area contributed by atoms with Gasteiger partial charge in [0.25, 0.3) is 0 Å². The Labute approximate surface area is 231 Å². The molecule has 0 aromatic carbocycles. The van der Waals surface area contributed by atoms with Gasteiger partial charge < -0.3 is 9.84 Å². The van der Waals surface area contributed by atoms with E-state index in [1.54, 1.807) is 13.8 Å². The van der Waals surface area contributed by atoms with Crippen molar-refractivity contribution in [3.63, 3.8) is 0 Å². The molecule has 1 N–H and O–H groups in total. The van der Waals surface area contributed by atoms with E-state index in [9.17, 15) is 29.1 Å². The van der Waals surface area contributed by atoms with E-state index in [0.717, 1.165) is 0 Å². The largest absolute Gasteiger partial charge is 0.466 e. The molecule has 39 heavy (non-hydrogen) atoms. The van der Waals surface area contributed by atoms with Gasteiger partial charge in [0, 0.05) is 42.1 Å². The van der Waals surface area contributed by atoms with E-state index in [0.29, 0.717) is 36.0 Å². The number of rotatable bonds is 6. The Hall–Kier alpha value is -2.41. The topological polar surface area (TPSA) is 115 Å².